The zero-order valence-electron chi connectivity index (χ0n) is 10.7. The van der Waals surface area contributed by atoms with E-state index in [4.69, 9.17) is 4.74 Å². The molecule has 0 spiro atoms. The number of nitrogens with one attached hydrogen (secondary N) is 1. The Labute approximate surface area is 108 Å². The van der Waals surface area contributed by atoms with E-state index in [1.54, 1.807) is 0 Å². The van der Waals surface area contributed by atoms with Crippen LogP contribution in [0, 0.1) is 5.92 Å². The fourth-order valence-corrected chi connectivity index (χ4v) is 2.40. The SMILES string of the molecule is CNC(COc1ccc2ccccc2c1)C1CC1. The van der Waals surface area contributed by atoms with Crippen molar-refractivity contribution >= 4 is 10.8 Å². The predicted molar refractivity (Wildman–Crippen MR) is 75.0 cm³/mol. The van der Waals surface area contributed by atoms with Crippen LogP contribution in [0.25, 0.3) is 10.8 Å². The van der Waals surface area contributed by atoms with Crippen molar-refractivity contribution in [2.24, 2.45) is 5.92 Å². The summed E-state index contributed by atoms with van der Waals surface area (Å²) in [6.07, 6.45) is 2.68. The van der Waals surface area contributed by atoms with Gasteiger partial charge in [0.1, 0.15) is 12.4 Å². The summed E-state index contributed by atoms with van der Waals surface area (Å²) in [5.41, 5.74) is 0. The summed E-state index contributed by atoms with van der Waals surface area (Å²) in [7, 11) is 2.02. The Bertz CT molecular complexity index is 533. The second kappa shape index (κ2) is 4.99. The molecule has 2 nitrogen and oxygen atoms in total. The highest BCUT2D eigenvalue weighted by atomic mass is 16.5. The molecule has 94 valence electrons. The molecule has 0 radical (unpaired) electrons. The molecule has 1 N–H and O–H groups in total. The highest BCUT2D eigenvalue weighted by Crippen LogP contribution is 2.32. The minimum absolute atomic E-state index is 0.497. The number of hydrogen-bond donors (Lipinski definition) is 1. The van der Waals surface area contributed by atoms with Gasteiger partial charge in [0, 0.05) is 6.04 Å². The van der Waals surface area contributed by atoms with E-state index in [1.165, 1.54) is 23.6 Å². The van der Waals surface area contributed by atoms with Crippen molar-refractivity contribution in [2.75, 3.05) is 13.7 Å². The second-order valence-electron chi connectivity index (χ2n) is 5.05. The van der Waals surface area contributed by atoms with Crippen LogP contribution in [0.2, 0.25) is 0 Å². The van der Waals surface area contributed by atoms with Crippen LogP contribution in [0.5, 0.6) is 5.75 Å². The lowest BCUT2D eigenvalue weighted by Crippen LogP contribution is -2.33. The minimum atomic E-state index is 0.497. The fourth-order valence-electron chi connectivity index (χ4n) is 2.40. The summed E-state index contributed by atoms with van der Waals surface area (Å²) >= 11 is 0. The molecule has 3 rings (SSSR count). The molecule has 0 amide bonds. The van der Waals surface area contributed by atoms with Gasteiger partial charge in [-0.15, -0.1) is 0 Å². The maximum Gasteiger partial charge on any atom is 0.120 e. The van der Waals surface area contributed by atoms with Crippen molar-refractivity contribution in [3.05, 3.63) is 42.5 Å². The molecule has 0 saturated heterocycles. The first kappa shape index (κ1) is 11.5. The summed E-state index contributed by atoms with van der Waals surface area (Å²) in [5, 5.41) is 5.85. The number of likely N-dealkylation sites (N-methyl/N-ethyl adjacent to an activating group) is 1. The predicted octanol–water partition coefficient (Wildman–Crippen LogP) is 3.22. The normalized spacial score (nSPS) is 16.7. The summed E-state index contributed by atoms with van der Waals surface area (Å²) in [4.78, 5) is 0. The third-order valence-corrected chi connectivity index (χ3v) is 3.71. The van der Waals surface area contributed by atoms with Gasteiger partial charge in [-0.3, -0.25) is 0 Å². The molecule has 1 saturated carbocycles. The van der Waals surface area contributed by atoms with Gasteiger partial charge in [0.15, 0.2) is 0 Å². The highest BCUT2D eigenvalue weighted by molar-refractivity contribution is 5.83. The lowest BCUT2D eigenvalue weighted by molar-refractivity contribution is 0.256. The third kappa shape index (κ3) is 2.49. The van der Waals surface area contributed by atoms with Gasteiger partial charge < -0.3 is 10.1 Å². The quantitative estimate of drug-likeness (QED) is 0.868. The van der Waals surface area contributed by atoms with Crippen LogP contribution in [0.3, 0.4) is 0 Å². The van der Waals surface area contributed by atoms with Gasteiger partial charge in [-0.1, -0.05) is 30.3 Å². The van der Waals surface area contributed by atoms with Crippen LogP contribution in [0.15, 0.2) is 42.5 Å². The molecule has 2 aromatic rings. The molecule has 0 aliphatic heterocycles. The number of fused-ring (bicyclic) bond motifs is 1. The van der Waals surface area contributed by atoms with Crippen LogP contribution in [0.4, 0.5) is 0 Å². The van der Waals surface area contributed by atoms with Gasteiger partial charge in [-0.25, -0.2) is 0 Å². The van der Waals surface area contributed by atoms with Gasteiger partial charge in [0.2, 0.25) is 0 Å². The molecule has 2 aromatic carbocycles. The van der Waals surface area contributed by atoms with Crippen LogP contribution >= 0.6 is 0 Å². The van der Waals surface area contributed by atoms with Crippen molar-refractivity contribution in [2.45, 2.75) is 18.9 Å². The van der Waals surface area contributed by atoms with Crippen molar-refractivity contribution in [3.8, 4) is 5.75 Å². The van der Waals surface area contributed by atoms with E-state index in [2.05, 4.69) is 47.8 Å². The lowest BCUT2D eigenvalue weighted by Gasteiger charge is -2.16. The van der Waals surface area contributed by atoms with Crippen molar-refractivity contribution in [1.29, 1.82) is 0 Å². The van der Waals surface area contributed by atoms with E-state index in [-0.39, 0.29) is 0 Å². The minimum Gasteiger partial charge on any atom is -0.492 e. The van der Waals surface area contributed by atoms with Crippen molar-refractivity contribution < 1.29 is 4.74 Å². The van der Waals surface area contributed by atoms with Gasteiger partial charge in [0.25, 0.3) is 0 Å². The van der Waals surface area contributed by atoms with E-state index in [0.717, 1.165) is 18.3 Å². The largest absolute Gasteiger partial charge is 0.492 e. The average Bonchev–Trinajstić information content (AvgIpc) is 3.24. The summed E-state index contributed by atoms with van der Waals surface area (Å²) < 4.78 is 5.91. The van der Waals surface area contributed by atoms with Crippen LogP contribution in [-0.4, -0.2) is 19.7 Å². The Balaban J connectivity index is 1.70. The standard InChI is InChI=1S/C16H19NO/c1-17-16(13-6-7-13)11-18-15-9-8-12-4-2-3-5-14(12)10-15/h2-5,8-10,13,16-17H,6-7,11H2,1H3. The molecular formula is C16H19NO. The summed E-state index contributed by atoms with van der Waals surface area (Å²) in [6, 6.07) is 15.2. The first-order valence-electron chi connectivity index (χ1n) is 6.65. The van der Waals surface area contributed by atoms with Crippen molar-refractivity contribution in [3.63, 3.8) is 0 Å². The molecule has 1 unspecified atom stereocenters. The molecule has 0 aromatic heterocycles. The number of ether oxygens (including phenoxy) is 1. The van der Waals surface area contributed by atoms with E-state index in [1.807, 2.05) is 7.05 Å². The Kier molecular flexibility index (Phi) is 3.20. The molecule has 1 aliphatic carbocycles. The Morgan fingerprint density at radius 2 is 1.94 bits per heavy atom. The monoisotopic (exact) mass is 241 g/mol. The Morgan fingerprint density at radius 3 is 2.67 bits per heavy atom. The lowest BCUT2D eigenvalue weighted by atomic mass is 10.1. The van der Waals surface area contributed by atoms with Crippen LogP contribution < -0.4 is 10.1 Å². The average molecular weight is 241 g/mol. The molecule has 0 heterocycles. The van der Waals surface area contributed by atoms with E-state index in [0.29, 0.717) is 6.04 Å². The molecule has 2 heteroatoms. The first-order valence-corrected chi connectivity index (χ1v) is 6.65. The van der Waals surface area contributed by atoms with Gasteiger partial charge in [-0.05, 0) is 48.7 Å². The number of benzene rings is 2. The van der Waals surface area contributed by atoms with Gasteiger partial charge in [-0.2, -0.15) is 0 Å². The maximum atomic E-state index is 5.91. The van der Waals surface area contributed by atoms with Crippen molar-refractivity contribution in [1.82, 2.24) is 5.32 Å². The molecule has 1 atom stereocenters. The number of rotatable bonds is 5. The zero-order chi connectivity index (χ0) is 12.4. The van der Waals surface area contributed by atoms with E-state index >= 15 is 0 Å². The fraction of sp³-hybridized carbons (Fsp3) is 0.375. The molecule has 18 heavy (non-hydrogen) atoms. The zero-order valence-corrected chi connectivity index (χ0v) is 10.7. The smallest absolute Gasteiger partial charge is 0.120 e. The third-order valence-electron chi connectivity index (χ3n) is 3.71. The molecule has 1 fully saturated rings. The van der Waals surface area contributed by atoms with Crippen LogP contribution in [0.1, 0.15) is 12.8 Å². The van der Waals surface area contributed by atoms with E-state index in [9.17, 15) is 0 Å². The molecule has 1 aliphatic rings. The first-order chi connectivity index (χ1) is 8.86. The van der Waals surface area contributed by atoms with Gasteiger partial charge >= 0.3 is 0 Å². The second-order valence-corrected chi connectivity index (χ2v) is 5.05. The van der Waals surface area contributed by atoms with E-state index < -0.39 is 0 Å². The Morgan fingerprint density at radius 1 is 1.17 bits per heavy atom. The van der Waals surface area contributed by atoms with Gasteiger partial charge in [0.05, 0.1) is 0 Å². The number of hydrogen-bond acceptors (Lipinski definition) is 2. The summed E-state index contributed by atoms with van der Waals surface area (Å²) in [6.45, 7) is 0.763. The molecular weight excluding hydrogens is 222 g/mol. The Hall–Kier alpha value is -1.54. The summed E-state index contributed by atoms with van der Waals surface area (Å²) in [5.74, 6) is 1.78. The highest BCUT2D eigenvalue weighted by Gasteiger charge is 2.30. The van der Waals surface area contributed by atoms with Crippen LogP contribution in [-0.2, 0) is 0 Å². The topological polar surface area (TPSA) is 21.3 Å². The maximum absolute atomic E-state index is 5.91. The molecule has 0 bridgehead atoms.